The summed E-state index contributed by atoms with van der Waals surface area (Å²) in [6.45, 7) is 9.55. The van der Waals surface area contributed by atoms with Crippen molar-refractivity contribution in [2.75, 3.05) is 57.4 Å². The Morgan fingerprint density at radius 3 is 2.57 bits per heavy atom. The molecule has 2 N–H and O–H groups in total. The van der Waals surface area contributed by atoms with E-state index in [0.29, 0.717) is 12.1 Å². The van der Waals surface area contributed by atoms with Gasteiger partial charge >= 0.3 is 0 Å². The highest BCUT2D eigenvalue weighted by atomic mass is 32.1. The van der Waals surface area contributed by atoms with Crippen molar-refractivity contribution in [3.8, 4) is 0 Å². The first-order valence-electron chi connectivity index (χ1n) is 11.0. The molecular formula is C22H33N5OS2. The quantitative estimate of drug-likeness (QED) is 0.503. The Balaban J connectivity index is 1.36. The normalized spacial score (nSPS) is 20.3. The molecule has 1 unspecified atom stereocenters. The zero-order valence-electron chi connectivity index (χ0n) is 17.8. The molecule has 0 aromatic carbocycles. The largest absolute Gasteiger partial charge is 0.379 e. The molecule has 4 heterocycles. The van der Waals surface area contributed by atoms with Crippen LogP contribution in [0.15, 0.2) is 40.0 Å². The number of aliphatic imine (C=N–C) groups is 1. The first-order chi connectivity index (χ1) is 14.8. The molecule has 30 heavy (non-hydrogen) atoms. The predicted octanol–water partition coefficient (Wildman–Crippen LogP) is 3.41. The minimum Gasteiger partial charge on any atom is -0.379 e. The SMILES string of the molecule is CCNC(=NCC(c1cccs1)N1CCOCC1)NC1CCN(c2cccs2)CC1. The average Bonchev–Trinajstić information content (AvgIpc) is 3.50. The Morgan fingerprint density at radius 2 is 1.90 bits per heavy atom. The van der Waals surface area contributed by atoms with Crippen molar-refractivity contribution < 1.29 is 4.74 Å². The lowest BCUT2D eigenvalue weighted by molar-refractivity contribution is 0.0186. The molecule has 2 aliphatic heterocycles. The van der Waals surface area contributed by atoms with Gasteiger partial charge in [0.1, 0.15) is 0 Å². The summed E-state index contributed by atoms with van der Waals surface area (Å²) in [4.78, 5) is 11.4. The van der Waals surface area contributed by atoms with Crippen molar-refractivity contribution >= 4 is 33.6 Å². The molecule has 0 amide bonds. The average molecular weight is 448 g/mol. The van der Waals surface area contributed by atoms with Gasteiger partial charge in [-0.05, 0) is 48.7 Å². The molecule has 2 fully saturated rings. The number of nitrogens with zero attached hydrogens (tertiary/aromatic N) is 3. The number of ether oxygens (including phenoxy) is 1. The Bertz CT molecular complexity index is 751. The molecule has 0 saturated carbocycles. The number of hydrogen-bond donors (Lipinski definition) is 2. The molecule has 1 atom stereocenters. The van der Waals surface area contributed by atoms with Crippen LogP contribution in [0, 0.1) is 0 Å². The highest BCUT2D eigenvalue weighted by Crippen LogP contribution is 2.27. The standard InChI is InChI=1S/C22H33N5OS2/c1-2-23-22(25-18-7-9-27(10-8-18)21-6-4-16-30-21)24-17-19(20-5-3-15-29-20)26-11-13-28-14-12-26/h3-6,15-16,18-19H,2,7-14,17H2,1H3,(H2,23,24,25). The van der Waals surface area contributed by atoms with E-state index in [-0.39, 0.29) is 0 Å². The lowest BCUT2D eigenvalue weighted by Gasteiger charge is -2.34. The maximum absolute atomic E-state index is 5.57. The summed E-state index contributed by atoms with van der Waals surface area (Å²) < 4.78 is 5.57. The molecule has 0 radical (unpaired) electrons. The van der Waals surface area contributed by atoms with Gasteiger partial charge in [-0.25, -0.2) is 0 Å². The van der Waals surface area contributed by atoms with Crippen molar-refractivity contribution in [3.05, 3.63) is 39.9 Å². The second-order valence-electron chi connectivity index (χ2n) is 7.76. The molecule has 164 valence electrons. The molecule has 2 aromatic rings. The Kier molecular flexibility index (Phi) is 8.02. The van der Waals surface area contributed by atoms with Crippen molar-refractivity contribution in [1.29, 1.82) is 0 Å². The van der Waals surface area contributed by atoms with Gasteiger partial charge in [0.25, 0.3) is 0 Å². The predicted molar refractivity (Wildman–Crippen MR) is 128 cm³/mol. The first kappa shape index (κ1) is 21.6. The molecule has 6 nitrogen and oxygen atoms in total. The fraction of sp³-hybridized carbons (Fsp3) is 0.591. The molecule has 2 aliphatic rings. The summed E-state index contributed by atoms with van der Waals surface area (Å²) in [5, 5.41) is 12.9. The third-order valence-electron chi connectivity index (χ3n) is 5.78. The van der Waals surface area contributed by atoms with Gasteiger partial charge in [0.2, 0.25) is 0 Å². The van der Waals surface area contributed by atoms with Crippen LogP contribution in [0.4, 0.5) is 5.00 Å². The van der Waals surface area contributed by atoms with Crippen LogP contribution < -0.4 is 15.5 Å². The van der Waals surface area contributed by atoms with Crippen LogP contribution >= 0.6 is 22.7 Å². The molecular weight excluding hydrogens is 414 g/mol. The Hall–Kier alpha value is -1.61. The number of nitrogens with one attached hydrogen (secondary N) is 2. The van der Waals surface area contributed by atoms with Crippen molar-refractivity contribution in [2.45, 2.75) is 31.8 Å². The molecule has 2 aromatic heterocycles. The van der Waals surface area contributed by atoms with Gasteiger partial charge in [-0.15, -0.1) is 22.7 Å². The van der Waals surface area contributed by atoms with E-state index in [1.54, 1.807) is 0 Å². The minimum atomic E-state index is 0.324. The molecule has 0 spiro atoms. The van der Waals surface area contributed by atoms with Gasteiger partial charge in [0, 0.05) is 43.6 Å². The van der Waals surface area contributed by atoms with Crippen LogP contribution in [0.5, 0.6) is 0 Å². The molecule has 4 rings (SSSR count). The Labute approximate surface area is 187 Å². The second kappa shape index (κ2) is 11.1. The monoisotopic (exact) mass is 447 g/mol. The Morgan fingerprint density at radius 1 is 1.13 bits per heavy atom. The maximum atomic E-state index is 5.57. The van der Waals surface area contributed by atoms with E-state index in [9.17, 15) is 0 Å². The topological polar surface area (TPSA) is 52.1 Å². The van der Waals surface area contributed by atoms with E-state index in [2.05, 4.69) is 62.4 Å². The van der Waals surface area contributed by atoms with Crippen LogP contribution in [0.1, 0.15) is 30.7 Å². The smallest absolute Gasteiger partial charge is 0.191 e. The van der Waals surface area contributed by atoms with Crippen LogP contribution in [0.2, 0.25) is 0 Å². The van der Waals surface area contributed by atoms with Gasteiger partial charge in [-0.1, -0.05) is 6.07 Å². The zero-order valence-corrected chi connectivity index (χ0v) is 19.4. The van der Waals surface area contributed by atoms with Crippen molar-refractivity contribution in [2.24, 2.45) is 4.99 Å². The third-order valence-corrected chi connectivity index (χ3v) is 7.68. The van der Waals surface area contributed by atoms with Gasteiger partial charge in [-0.3, -0.25) is 9.89 Å². The number of rotatable bonds is 7. The van der Waals surface area contributed by atoms with Crippen LogP contribution in [-0.4, -0.2) is 69.4 Å². The fourth-order valence-electron chi connectivity index (χ4n) is 4.14. The number of anilines is 1. The number of hydrogen-bond acceptors (Lipinski definition) is 6. The second-order valence-corrected chi connectivity index (χ2v) is 9.66. The fourth-order valence-corrected chi connectivity index (χ4v) is 5.78. The van der Waals surface area contributed by atoms with Gasteiger partial charge in [-0.2, -0.15) is 0 Å². The highest BCUT2D eigenvalue weighted by molar-refractivity contribution is 7.14. The number of guanidine groups is 1. The molecule has 8 heteroatoms. The number of thiophene rings is 2. The summed E-state index contributed by atoms with van der Waals surface area (Å²) in [7, 11) is 0. The number of piperidine rings is 1. The van der Waals surface area contributed by atoms with Gasteiger partial charge in [0.05, 0.1) is 30.8 Å². The minimum absolute atomic E-state index is 0.324. The molecule has 0 aliphatic carbocycles. The summed E-state index contributed by atoms with van der Waals surface area (Å²) in [6.07, 6.45) is 2.28. The molecule has 0 bridgehead atoms. The van der Waals surface area contributed by atoms with E-state index in [0.717, 1.165) is 71.3 Å². The van der Waals surface area contributed by atoms with E-state index < -0.39 is 0 Å². The molecule has 2 saturated heterocycles. The first-order valence-corrected chi connectivity index (χ1v) is 12.8. The zero-order chi connectivity index (χ0) is 20.6. The highest BCUT2D eigenvalue weighted by Gasteiger charge is 2.24. The van der Waals surface area contributed by atoms with Crippen molar-refractivity contribution in [1.82, 2.24) is 15.5 Å². The van der Waals surface area contributed by atoms with E-state index in [4.69, 9.17) is 9.73 Å². The summed E-state index contributed by atoms with van der Waals surface area (Å²) in [5.74, 6) is 0.946. The number of morpholine rings is 1. The van der Waals surface area contributed by atoms with Crippen LogP contribution in [0.3, 0.4) is 0 Å². The summed E-state index contributed by atoms with van der Waals surface area (Å²) >= 11 is 3.66. The van der Waals surface area contributed by atoms with Crippen molar-refractivity contribution in [3.63, 3.8) is 0 Å². The summed E-state index contributed by atoms with van der Waals surface area (Å²) in [5.41, 5.74) is 0. The third kappa shape index (κ3) is 5.75. The maximum Gasteiger partial charge on any atom is 0.191 e. The van der Waals surface area contributed by atoms with Crippen LogP contribution in [-0.2, 0) is 4.74 Å². The van der Waals surface area contributed by atoms with Gasteiger partial charge < -0.3 is 20.3 Å². The van der Waals surface area contributed by atoms with E-state index >= 15 is 0 Å². The van der Waals surface area contributed by atoms with E-state index in [1.165, 1.54) is 9.88 Å². The lowest BCUT2D eigenvalue weighted by atomic mass is 10.1. The van der Waals surface area contributed by atoms with Gasteiger partial charge in [0.15, 0.2) is 5.96 Å². The van der Waals surface area contributed by atoms with E-state index in [1.807, 2.05) is 22.7 Å². The van der Waals surface area contributed by atoms with Crippen LogP contribution in [0.25, 0.3) is 0 Å². The lowest BCUT2D eigenvalue weighted by Crippen LogP contribution is -2.49. The summed E-state index contributed by atoms with van der Waals surface area (Å²) in [6, 6.07) is 9.54.